The number of H-pyrrole nitrogens is 1. The van der Waals surface area contributed by atoms with Crippen LogP contribution in [0, 0.1) is 5.92 Å². The zero-order valence-electron chi connectivity index (χ0n) is 16.4. The van der Waals surface area contributed by atoms with Gasteiger partial charge in [0, 0.05) is 13.2 Å². The molecule has 0 bridgehead atoms. The van der Waals surface area contributed by atoms with Gasteiger partial charge in [0.25, 0.3) is 0 Å². The first-order valence-electron chi connectivity index (χ1n) is 9.99. The number of fused-ring (bicyclic) bond motifs is 1. The highest BCUT2D eigenvalue weighted by molar-refractivity contribution is 5.88. The summed E-state index contributed by atoms with van der Waals surface area (Å²) in [4.78, 5) is 21.7. The fourth-order valence-corrected chi connectivity index (χ4v) is 4.07. The van der Waals surface area contributed by atoms with E-state index in [2.05, 4.69) is 36.3 Å². The van der Waals surface area contributed by atoms with Crippen molar-refractivity contribution in [2.24, 2.45) is 5.92 Å². The van der Waals surface area contributed by atoms with Gasteiger partial charge < -0.3 is 15.0 Å². The van der Waals surface area contributed by atoms with Gasteiger partial charge in [0.05, 0.1) is 22.5 Å². The zero-order chi connectivity index (χ0) is 19.6. The number of ether oxygens (including phenoxy) is 1. The van der Waals surface area contributed by atoms with E-state index in [0.717, 1.165) is 22.4 Å². The molecule has 1 atom stereocenters. The second-order valence-corrected chi connectivity index (χ2v) is 7.89. The SMILES string of the molecule is CC(C)[C@@H](NC(=O)C1(c2ccccc2)CCOCC1)c1nc2ccccc2[nH]1. The summed E-state index contributed by atoms with van der Waals surface area (Å²) in [5.74, 6) is 1.07. The van der Waals surface area contributed by atoms with Gasteiger partial charge in [-0.05, 0) is 36.5 Å². The molecule has 146 valence electrons. The maximum Gasteiger partial charge on any atom is 0.231 e. The van der Waals surface area contributed by atoms with Crippen LogP contribution < -0.4 is 5.32 Å². The number of aromatic nitrogens is 2. The molecule has 5 nitrogen and oxygen atoms in total. The third kappa shape index (κ3) is 3.42. The average Bonchev–Trinajstić information content (AvgIpc) is 3.16. The first-order chi connectivity index (χ1) is 13.6. The highest BCUT2D eigenvalue weighted by atomic mass is 16.5. The Labute approximate surface area is 165 Å². The molecule has 1 fully saturated rings. The molecule has 0 aliphatic carbocycles. The molecule has 4 rings (SSSR count). The number of benzene rings is 2. The van der Waals surface area contributed by atoms with Crippen molar-refractivity contribution in [2.45, 2.75) is 38.1 Å². The third-order valence-corrected chi connectivity index (χ3v) is 5.76. The number of hydrogen-bond acceptors (Lipinski definition) is 3. The Morgan fingerprint density at radius 2 is 1.75 bits per heavy atom. The fraction of sp³-hybridized carbons (Fsp3) is 0.391. The van der Waals surface area contributed by atoms with Crippen molar-refractivity contribution < 1.29 is 9.53 Å². The van der Waals surface area contributed by atoms with Gasteiger partial charge in [0.15, 0.2) is 0 Å². The van der Waals surface area contributed by atoms with Crippen molar-refractivity contribution in [1.82, 2.24) is 15.3 Å². The van der Waals surface area contributed by atoms with Gasteiger partial charge in [0.1, 0.15) is 5.82 Å². The van der Waals surface area contributed by atoms with Crippen molar-refractivity contribution in [1.29, 1.82) is 0 Å². The highest BCUT2D eigenvalue weighted by Crippen LogP contribution is 2.36. The molecule has 28 heavy (non-hydrogen) atoms. The second kappa shape index (κ2) is 7.76. The van der Waals surface area contributed by atoms with Crippen LogP contribution in [0.3, 0.4) is 0 Å². The number of imidazole rings is 1. The van der Waals surface area contributed by atoms with Crippen molar-refractivity contribution >= 4 is 16.9 Å². The topological polar surface area (TPSA) is 67.0 Å². The highest BCUT2D eigenvalue weighted by Gasteiger charge is 2.42. The Morgan fingerprint density at radius 1 is 1.07 bits per heavy atom. The van der Waals surface area contributed by atoms with E-state index in [1.54, 1.807) is 0 Å². The predicted octanol–water partition coefficient (Wildman–Crippen LogP) is 4.12. The number of carbonyl (C=O) groups excluding carboxylic acids is 1. The maximum atomic E-state index is 13.6. The number of aromatic amines is 1. The fourth-order valence-electron chi connectivity index (χ4n) is 4.07. The van der Waals surface area contributed by atoms with Gasteiger partial charge in [0.2, 0.25) is 5.91 Å². The largest absolute Gasteiger partial charge is 0.381 e. The van der Waals surface area contributed by atoms with Crippen LogP contribution in [0.4, 0.5) is 0 Å². The number of nitrogens with one attached hydrogen (secondary N) is 2. The van der Waals surface area contributed by atoms with Crippen molar-refractivity contribution in [3.05, 3.63) is 66.0 Å². The second-order valence-electron chi connectivity index (χ2n) is 7.89. The summed E-state index contributed by atoms with van der Waals surface area (Å²) in [5.41, 5.74) is 2.41. The van der Waals surface area contributed by atoms with Crippen LogP contribution in [0.25, 0.3) is 11.0 Å². The zero-order valence-corrected chi connectivity index (χ0v) is 16.4. The minimum absolute atomic E-state index is 0.0566. The first kappa shape index (κ1) is 18.7. The summed E-state index contributed by atoms with van der Waals surface area (Å²) in [6, 6.07) is 17.9. The van der Waals surface area contributed by atoms with Crippen molar-refractivity contribution in [3.8, 4) is 0 Å². The van der Waals surface area contributed by atoms with Crippen LogP contribution in [0.2, 0.25) is 0 Å². The van der Waals surface area contributed by atoms with Gasteiger partial charge >= 0.3 is 0 Å². The number of nitrogens with zero attached hydrogens (tertiary/aromatic N) is 1. The molecule has 2 N–H and O–H groups in total. The summed E-state index contributed by atoms with van der Waals surface area (Å²) in [5, 5.41) is 3.31. The van der Waals surface area contributed by atoms with Crippen LogP contribution in [-0.4, -0.2) is 29.1 Å². The Hall–Kier alpha value is -2.66. The molecular formula is C23H27N3O2. The molecule has 5 heteroatoms. The lowest BCUT2D eigenvalue weighted by Crippen LogP contribution is -2.49. The minimum atomic E-state index is -0.557. The number of carbonyl (C=O) groups is 1. The van der Waals surface area contributed by atoms with E-state index < -0.39 is 5.41 Å². The summed E-state index contributed by atoms with van der Waals surface area (Å²) in [6.07, 6.45) is 1.38. The molecule has 0 radical (unpaired) electrons. The molecule has 1 aromatic heterocycles. The molecule has 3 aromatic rings. The maximum absolute atomic E-state index is 13.6. The standard InChI is InChI=1S/C23H27N3O2/c1-16(2)20(21-24-18-10-6-7-11-19(18)25-21)26-22(27)23(12-14-28-15-13-23)17-8-4-3-5-9-17/h3-11,16,20H,12-15H2,1-2H3,(H,24,25)(H,26,27)/t20-/m1/s1. The van der Waals surface area contributed by atoms with Crippen LogP contribution in [0.15, 0.2) is 54.6 Å². The molecular weight excluding hydrogens is 350 g/mol. The summed E-state index contributed by atoms with van der Waals surface area (Å²) in [6.45, 7) is 5.41. The van der Waals surface area contributed by atoms with Crippen molar-refractivity contribution in [2.75, 3.05) is 13.2 Å². The Bertz CT molecular complexity index is 910. The van der Waals surface area contributed by atoms with Gasteiger partial charge in [-0.15, -0.1) is 0 Å². The van der Waals surface area contributed by atoms with Gasteiger partial charge in [-0.25, -0.2) is 4.98 Å². The number of amides is 1. The normalized spacial score (nSPS) is 17.5. The Morgan fingerprint density at radius 3 is 2.43 bits per heavy atom. The molecule has 1 amide bonds. The van der Waals surface area contributed by atoms with Gasteiger partial charge in [-0.2, -0.15) is 0 Å². The molecule has 1 aliphatic rings. The van der Waals surface area contributed by atoms with E-state index in [-0.39, 0.29) is 17.9 Å². The minimum Gasteiger partial charge on any atom is -0.381 e. The quantitative estimate of drug-likeness (QED) is 0.703. The van der Waals surface area contributed by atoms with E-state index in [9.17, 15) is 4.79 Å². The van der Waals surface area contributed by atoms with E-state index in [0.29, 0.717) is 26.1 Å². The smallest absolute Gasteiger partial charge is 0.231 e. The monoisotopic (exact) mass is 377 g/mol. The van der Waals surface area contributed by atoms with Crippen LogP contribution >= 0.6 is 0 Å². The van der Waals surface area contributed by atoms with Gasteiger partial charge in [-0.1, -0.05) is 56.3 Å². The van der Waals surface area contributed by atoms with Crippen molar-refractivity contribution in [3.63, 3.8) is 0 Å². The first-order valence-corrected chi connectivity index (χ1v) is 9.99. The summed E-state index contributed by atoms with van der Waals surface area (Å²) >= 11 is 0. The van der Waals surface area contributed by atoms with Gasteiger partial charge in [-0.3, -0.25) is 4.79 Å². The van der Waals surface area contributed by atoms with E-state index in [4.69, 9.17) is 9.72 Å². The van der Waals surface area contributed by atoms with Crippen LogP contribution in [-0.2, 0) is 14.9 Å². The molecule has 0 unspecified atom stereocenters. The third-order valence-electron chi connectivity index (χ3n) is 5.76. The summed E-state index contributed by atoms with van der Waals surface area (Å²) in [7, 11) is 0. The number of rotatable bonds is 5. The Kier molecular flexibility index (Phi) is 5.18. The number of hydrogen-bond donors (Lipinski definition) is 2. The molecule has 0 spiro atoms. The van der Waals surface area contributed by atoms with E-state index >= 15 is 0 Å². The lowest BCUT2D eigenvalue weighted by Gasteiger charge is -2.37. The van der Waals surface area contributed by atoms with Crippen LogP contribution in [0.5, 0.6) is 0 Å². The number of para-hydroxylation sites is 2. The van der Waals surface area contributed by atoms with E-state index in [1.165, 1.54) is 0 Å². The lowest BCUT2D eigenvalue weighted by atomic mass is 9.73. The Balaban J connectivity index is 1.66. The lowest BCUT2D eigenvalue weighted by molar-refractivity contribution is -0.131. The predicted molar refractivity (Wildman–Crippen MR) is 110 cm³/mol. The molecule has 1 aliphatic heterocycles. The average molecular weight is 377 g/mol. The van der Waals surface area contributed by atoms with Crippen LogP contribution in [0.1, 0.15) is 44.1 Å². The molecule has 0 saturated carbocycles. The summed E-state index contributed by atoms with van der Waals surface area (Å²) < 4.78 is 5.57. The molecule has 2 aromatic carbocycles. The van der Waals surface area contributed by atoms with E-state index in [1.807, 2.05) is 42.5 Å². The molecule has 2 heterocycles. The molecule has 1 saturated heterocycles.